The first-order valence-electron chi connectivity index (χ1n) is 4.71. The fraction of sp³-hybridized carbons (Fsp3) is 0.500. The fourth-order valence-corrected chi connectivity index (χ4v) is 2.54. The normalized spacial score (nSPS) is 11.5. The number of aryl methyl sites for hydroxylation is 1. The van der Waals surface area contributed by atoms with E-state index < -0.39 is 10.0 Å². The molecule has 0 fully saturated rings. The lowest BCUT2D eigenvalue weighted by Gasteiger charge is -2.05. The maximum absolute atomic E-state index is 11.3. The van der Waals surface area contributed by atoms with Crippen molar-refractivity contribution in [2.45, 2.75) is 13.0 Å². The second kappa shape index (κ2) is 5.92. The highest BCUT2D eigenvalue weighted by Crippen LogP contribution is 1.91. The molecule has 0 aromatic carbocycles. The summed E-state index contributed by atoms with van der Waals surface area (Å²) in [6.07, 6.45) is 5.87. The van der Waals surface area contributed by atoms with Crippen LogP contribution in [-0.2, 0) is 16.6 Å². The first-order valence-corrected chi connectivity index (χ1v) is 6.77. The monoisotopic (exact) mass is 262 g/mol. The molecule has 0 bridgehead atoms. The Labute approximate surface area is 99.9 Å². The van der Waals surface area contributed by atoms with Gasteiger partial charge in [-0.3, -0.25) is 0 Å². The van der Waals surface area contributed by atoms with Gasteiger partial charge in [0.05, 0.1) is 11.3 Å². The highest BCUT2D eigenvalue weighted by Gasteiger charge is 2.10. The van der Waals surface area contributed by atoms with Crippen LogP contribution in [0.2, 0.25) is 0 Å². The van der Waals surface area contributed by atoms with Crippen molar-refractivity contribution in [1.29, 1.82) is 0 Å². The summed E-state index contributed by atoms with van der Waals surface area (Å²) in [5, 5.41) is 0. The molecule has 6 nitrogen and oxygen atoms in total. The van der Waals surface area contributed by atoms with E-state index in [2.05, 4.69) is 21.9 Å². The number of hydrogen-bond donors (Lipinski definition) is 2. The number of hydrogen-bond acceptors (Lipinski definition) is 4. The van der Waals surface area contributed by atoms with Crippen molar-refractivity contribution in [3.8, 4) is 0 Å². The minimum atomic E-state index is -3.36. The molecular formula is C8H14N4O2S2. The SMILES string of the molecule is NC(=S)CS(=O)(=O)NCCCn1ccnc1. The number of sulfonamides is 1. The summed E-state index contributed by atoms with van der Waals surface area (Å²) < 4.78 is 26.9. The van der Waals surface area contributed by atoms with Crippen LogP contribution in [0, 0.1) is 0 Å². The molecule has 0 aliphatic heterocycles. The number of nitrogens with one attached hydrogen (secondary N) is 1. The number of nitrogens with zero attached hydrogens (tertiary/aromatic N) is 2. The van der Waals surface area contributed by atoms with Crippen LogP contribution >= 0.6 is 12.2 Å². The second-order valence-electron chi connectivity index (χ2n) is 3.27. The van der Waals surface area contributed by atoms with Crippen molar-refractivity contribution in [1.82, 2.24) is 14.3 Å². The number of thiocarbonyl (C=S) groups is 1. The quantitative estimate of drug-likeness (QED) is 0.510. The minimum Gasteiger partial charge on any atom is -0.392 e. The third kappa shape index (κ3) is 5.19. The van der Waals surface area contributed by atoms with Gasteiger partial charge in [0.15, 0.2) is 0 Å². The number of rotatable bonds is 7. The highest BCUT2D eigenvalue weighted by atomic mass is 32.2. The van der Waals surface area contributed by atoms with E-state index in [1.165, 1.54) is 0 Å². The van der Waals surface area contributed by atoms with Crippen LogP contribution in [0.15, 0.2) is 18.7 Å². The third-order valence-electron chi connectivity index (χ3n) is 1.81. The lowest BCUT2D eigenvalue weighted by atomic mass is 10.4. The Morgan fingerprint density at radius 2 is 2.31 bits per heavy atom. The zero-order chi connectivity index (χ0) is 12.0. The summed E-state index contributed by atoms with van der Waals surface area (Å²) in [5.74, 6) is -0.298. The number of imidazole rings is 1. The van der Waals surface area contributed by atoms with E-state index in [1.54, 1.807) is 12.5 Å². The van der Waals surface area contributed by atoms with Gasteiger partial charge in [0, 0.05) is 25.5 Å². The van der Waals surface area contributed by atoms with Gasteiger partial charge in [0.25, 0.3) is 0 Å². The van der Waals surface area contributed by atoms with E-state index in [0.29, 0.717) is 13.0 Å². The number of nitrogens with two attached hydrogens (primary N) is 1. The molecule has 1 heterocycles. The van der Waals surface area contributed by atoms with E-state index in [4.69, 9.17) is 5.73 Å². The van der Waals surface area contributed by atoms with E-state index in [9.17, 15) is 8.42 Å². The van der Waals surface area contributed by atoms with Gasteiger partial charge in [-0.15, -0.1) is 0 Å². The smallest absolute Gasteiger partial charge is 0.218 e. The van der Waals surface area contributed by atoms with Gasteiger partial charge in [-0.2, -0.15) is 0 Å². The van der Waals surface area contributed by atoms with Crippen molar-refractivity contribution < 1.29 is 8.42 Å². The molecule has 1 aromatic heterocycles. The van der Waals surface area contributed by atoms with E-state index in [0.717, 1.165) is 6.54 Å². The predicted octanol–water partition coefficient (Wildman–Crippen LogP) is -0.521. The van der Waals surface area contributed by atoms with Gasteiger partial charge >= 0.3 is 0 Å². The second-order valence-corrected chi connectivity index (χ2v) is 5.61. The molecule has 0 aliphatic carbocycles. The molecule has 3 N–H and O–H groups in total. The van der Waals surface area contributed by atoms with Crippen LogP contribution in [0.1, 0.15) is 6.42 Å². The molecule has 0 saturated heterocycles. The largest absolute Gasteiger partial charge is 0.392 e. The molecule has 0 amide bonds. The molecule has 0 saturated carbocycles. The minimum absolute atomic E-state index is 0.0258. The maximum atomic E-state index is 11.3. The molecule has 0 radical (unpaired) electrons. The first kappa shape index (κ1) is 13.1. The Kier molecular flexibility index (Phi) is 4.84. The van der Waals surface area contributed by atoms with Crippen LogP contribution in [-0.4, -0.2) is 35.3 Å². The van der Waals surface area contributed by atoms with Crippen LogP contribution < -0.4 is 10.5 Å². The van der Waals surface area contributed by atoms with Crippen molar-refractivity contribution in [3.05, 3.63) is 18.7 Å². The molecule has 0 aliphatic rings. The van der Waals surface area contributed by atoms with Gasteiger partial charge in [-0.1, -0.05) is 12.2 Å². The molecular weight excluding hydrogens is 248 g/mol. The summed E-state index contributed by atoms with van der Waals surface area (Å²) in [4.78, 5) is 3.85. The predicted molar refractivity (Wildman–Crippen MR) is 65.4 cm³/mol. The zero-order valence-electron chi connectivity index (χ0n) is 8.67. The summed E-state index contributed by atoms with van der Waals surface area (Å²) in [5.41, 5.74) is 5.16. The first-order chi connectivity index (χ1) is 7.49. The average molecular weight is 262 g/mol. The Bertz CT molecular complexity index is 427. The molecule has 1 rings (SSSR count). The lowest BCUT2D eigenvalue weighted by molar-refractivity contribution is 0.573. The summed E-state index contributed by atoms with van der Waals surface area (Å²) in [6.45, 7) is 1.08. The zero-order valence-corrected chi connectivity index (χ0v) is 10.3. The Morgan fingerprint density at radius 1 is 1.56 bits per heavy atom. The van der Waals surface area contributed by atoms with E-state index in [1.807, 2.05) is 10.8 Å². The molecule has 0 atom stereocenters. The van der Waals surface area contributed by atoms with Crippen LogP contribution in [0.4, 0.5) is 0 Å². The lowest BCUT2D eigenvalue weighted by Crippen LogP contribution is -2.33. The third-order valence-corrected chi connectivity index (χ3v) is 3.47. The molecule has 0 unspecified atom stereocenters. The van der Waals surface area contributed by atoms with Crippen LogP contribution in [0.3, 0.4) is 0 Å². The van der Waals surface area contributed by atoms with Crippen molar-refractivity contribution in [2.24, 2.45) is 5.73 Å². The molecule has 1 aromatic rings. The molecule has 0 spiro atoms. The van der Waals surface area contributed by atoms with Crippen molar-refractivity contribution >= 4 is 27.2 Å². The maximum Gasteiger partial charge on any atom is 0.218 e. The Morgan fingerprint density at radius 3 is 2.88 bits per heavy atom. The van der Waals surface area contributed by atoms with Crippen molar-refractivity contribution in [2.75, 3.05) is 12.3 Å². The summed E-state index contributed by atoms with van der Waals surface area (Å²) in [6, 6.07) is 0. The molecule has 8 heteroatoms. The van der Waals surface area contributed by atoms with Gasteiger partial charge in [0.2, 0.25) is 10.0 Å². The standard InChI is InChI=1S/C8H14N4O2S2/c9-8(15)6-16(13,14)11-2-1-4-12-5-3-10-7-12/h3,5,7,11H,1-2,4,6H2,(H2,9,15). The van der Waals surface area contributed by atoms with Crippen LogP contribution in [0.5, 0.6) is 0 Å². The van der Waals surface area contributed by atoms with Crippen LogP contribution in [0.25, 0.3) is 0 Å². The fourth-order valence-electron chi connectivity index (χ4n) is 1.15. The number of aromatic nitrogens is 2. The molecule has 90 valence electrons. The topological polar surface area (TPSA) is 90.0 Å². The Hall–Kier alpha value is -0.990. The highest BCUT2D eigenvalue weighted by molar-refractivity contribution is 7.92. The van der Waals surface area contributed by atoms with Crippen molar-refractivity contribution in [3.63, 3.8) is 0 Å². The summed E-state index contributed by atoms with van der Waals surface area (Å²) in [7, 11) is -3.36. The van der Waals surface area contributed by atoms with Gasteiger partial charge in [-0.25, -0.2) is 18.1 Å². The van der Waals surface area contributed by atoms with Gasteiger partial charge in [-0.05, 0) is 6.42 Å². The van der Waals surface area contributed by atoms with E-state index in [-0.39, 0.29) is 10.7 Å². The van der Waals surface area contributed by atoms with Gasteiger partial charge in [0.1, 0.15) is 5.75 Å². The molecule has 16 heavy (non-hydrogen) atoms. The van der Waals surface area contributed by atoms with Gasteiger partial charge < -0.3 is 10.3 Å². The summed E-state index contributed by atoms with van der Waals surface area (Å²) >= 11 is 4.53. The Balaban J connectivity index is 2.23. The average Bonchev–Trinajstić information content (AvgIpc) is 2.62. The van der Waals surface area contributed by atoms with E-state index >= 15 is 0 Å².